The summed E-state index contributed by atoms with van der Waals surface area (Å²) in [7, 11) is 0. The van der Waals surface area contributed by atoms with Crippen LogP contribution in [0.15, 0.2) is 0 Å². The van der Waals surface area contributed by atoms with E-state index < -0.39 is 0 Å². The summed E-state index contributed by atoms with van der Waals surface area (Å²) >= 11 is 0. The lowest BCUT2D eigenvalue weighted by Crippen LogP contribution is -2.50. The quantitative estimate of drug-likeness (QED) is 0.842. The van der Waals surface area contributed by atoms with Crippen LogP contribution in [-0.4, -0.2) is 36.0 Å². The lowest BCUT2D eigenvalue weighted by Gasteiger charge is -2.38. The molecule has 0 aromatic carbocycles. The Kier molecular flexibility index (Phi) is 5.11. The van der Waals surface area contributed by atoms with Crippen LogP contribution in [-0.2, 0) is 4.79 Å². The van der Waals surface area contributed by atoms with Crippen LogP contribution in [0.1, 0.15) is 66.2 Å². The van der Waals surface area contributed by atoms with E-state index in [1.54, 1.807) is 0 Å². The number of likely N-dealkylation sites (tertiary alicyclic amines) is 1. The molecule has 0 bridgehead atoms. The maximum atomic E-state index is 12.3. The van der Waals surface area contributed by atoms with Gasteiger partial charge in [-0.2, -0.15) is 0 Å². The van der Waals surface area contributed by atoms with Crippen molar-refractivity contribution in [1.29, 1.82) is 0 Å². The number of nitrogens with zero attached hydrogens (tertiary/aromatic N) is 1. The van der Waals surface area contributed by atoms with E-state index in [-0.39, 0.29) is 5.41 Å². The van der Waals surface area contributed by atoms with E-state index in [1.165, 1.54) is 25.7 Å². The molecule has 3 heteroatoms. The highest BCUT2D eigenvalue weighted by molar-refractivity contribution is 5.81. The number of amides is 1. The number of carbonyl (C=O) groups is 1. The molecule has 0 atom stereocenters. The number of hydrogen-bond acceptors (Lipinski definition) is 2. The minimum atomic E-state index is -0.236. The molecule has 20 heavy (non-hydrogen) atoms. The van der Waals surface area contributed by atoms with Gasteiger partial charge in [0.1, 0.15) is 0 Å². The highest BCUT2D eigenvalue weighted by Gasteiger charge is 2.31. The fourth-order valence-electron chi connectivity index (χ4n) is 3.48. The van der Waals surface area contributed by atoms with E-state index in [4.69, 9.17) is 0 Å². The summed E-state index contributed by atoms with van der Waals surface area (Å²) in [4.78, 5) is 14.3. The highest BCUT2D eigenvalue weighted by atomic mass is 16.2. The zero-order valence-electron chi connectivity index (χ0n) is 13.7. The molecule has 1 aliphatic carbocycles. The van der Waals surface area contributed by atoms with Crippen LogP contribution in [0.4, 0.5) is 0 Å². The maximum Gasteiger partial charge on any atom is 0.227 e. The Balaban J connectivity index is 1.73. The monoisotopic (exact) mass is 280 g/mol. The summed E-state index contributed by atoms with van der Waals surface area (Å²) < 4.78 is 0. The lowest BCUT2D eigenvalue weighted by molar-refractivity contribution is -0.140. The Hall–Kier alpha value is -0.570. The molecule has 0 spiro atoms. The second-order valence-electron chi connectivity index (χ2n) is 7.94. The Morgan fingerprint density at radius 2 is 1.45 bits per heavy atom. The average Bonchev–Trinajstić information content (AvgIpc) is 2.40. The molecule has 0 radical (unpaired) electrons. The Bertz CT molecular complexity index is 318. The van der Waals surface area contributed by atoms with Gasteiger partial charge in [-0.1, -0.05) is 27.7 Å². The van der Waals surface area contributed by atoms with Gasteiger partial charge in [0, 0.05) is 30.6 Å². The van der Waals surface area contributed by atoms with Gasteiger partial charge in [0.2, 0.25) is 5.91 Å². The predicted octanol–water partition coefficient (Wildman–Crippen LogP) is 3.19. The molecule has 2 fully saturated rings. The van der Waals surface area contributed by atoms with Crippen molar-refractivity contribution in [3.63, 3.8) is 0 Å². The summed E-state index contributed by atoms with van der Waals surface area (Å²) in [5, 5.41) is 3.84. The van der Waals surface area contributed by atoms with Gasteiger partial charge in [0.25, 0.3) is 0 Å². The average molecular weight is 280 g/mol. The summed E-state index contributed by atoms with van der Waals surface area (Å²) in [6, 6.07) is 1.35. The molecule has 0 aromatic heterocycles. The van der Waals surface area contributed by atoms with Gasteiger partial charge in [-0.05, 0) is 44.4 Å². The van der Waals surface area contributed by atoms with Crippen molar-refractivity contribution < 1.29 is 4.79 Å². The van der Waals surface area contributed by atoms with E-state index in [1.807, 2.05) is 20.8 Å². The molecule has 116 valence electrons. The zero-order chi connectivity index (χ0) is 14.8. The Morgan fingerprint density at radius 3 is 1.95 bits per heavy atom. The summed E-state index contributed by atoms with van der Waals surface area (Å²) in [5.74, 6) is 1.22. The first kappa shape index (κ1) is 15.8. The highest BCUT2D eigenvalue weighted by Crippen LogP contribution is 2.25. The first-order valence-corrected chi connectivity index (χ1v) is 8.41. The molecule has 3 nitrogen and oxygen atoms in total. The van der Waals surface area contributed by atoms with Gasteiger partial charge in [0.05, 0.1) is 0 Å². The molecule has 1 saturated carbocycles. The van der Waals surface area contributed by atoms with Crippen molar-refractivity contribution in [3.8, 4) is 0 Å². The normalized spacial score (nSPS) is 29.5. The smallest absolute Gasteiger partial charge is 0.227 e. The third kappa shape index (κ3) is 4.21. The van der Waals surface area contributed by atoms with Crippen LogP contribution in [0.2, 0.25) is 0 Å². The molecule has 2 rings (SSSR count). The largest absolute Gasteiger partial charge is 0.342 e. The standard InChI is InChI=1S/C17H32N2O/c1-13-5-7-14(8-6-13)18-15-9-11-19(12-10-15)16(20)17(2,3)4/h13-15,18H,5-12H2,1-4H3. The topological polar surface area (TPSA) is 32.3 Å². The summed E-state index contributed by atoms with van der Waals surface area (Å²) in [6.45, 7) is 10.3. The fraction of sp³-hybridized carbons (Fsp3) is 0.941. The Morgan fingerprint density at radius 1 is 0.950 bits per heavy atom. The molecule has 1 amide bonds. The molecule has 1 heterocycles. The maximum absolute atomic E-state index is 12.3. The molecule has 0 aromatic rings. The number of carbonyl (C=O) groups excluding carboxylic acids is 1. The van der Waals surface area contributed by atoms with E-state index >= 15 is 0 Å². The zero-order valence-corrected chi connectivity index (χ0v) is 13.7. The third-order valence-electron chi connectivity index (χ3n) is 4.91. The van der Waals surface area contributed by atoms with Gasteiger partial charge in [-0.25, -0.2) is 0 Å². The van der Waals surface area contributed by atoms with Crippen molar-refractivity contribution in [1.82, 2.24) is 10.2 Å². The van der Waals surface area contributed by atoms with Gasteiger partial charge in [-0.3, -0.25) is 4.79 Å². The van der Waals surface area contributed by atoms with Crippen molar-refractivity contribution in [2.24, 2.45) is 11.3 Å². The summed E-state index contributed by atoms with van der Waals surface area (Å²) in [6.07, 6.45) is 7.66. The van der Waals surface area contributed by atoms with Crippen LogP contribution < -0.4 is 5.32 Å². The fourth-order valence-corrected chi connectivity index (χ4v) is 3.48. The van der Waals surface area contributed by atoms with Crippen LogP contribution in [0, 0.1) is 11.3 Å². The van der Waals surface area contributed by atoms with E-state index in [2.05, 4.69) is 17.1 Å². The molecule has 1 N–H and O–H groups in total. The van der Waals surface area contributed by atoms with Crippen LogP contribution in [0.25, 0.3) is 0 Å². The number of nitrogens with one attached hydrogen (secondary N) is 1. The minimum Gasteiger partial charge on any atom is -0.342 e. The van der Waals surface area contributed by atoms with Crippen LogP contribution in [0.3, 0.4) is 0 Å². The first-order valence-electron chi connectivity index (χ1n) is 8.41. The SMILES string of the molecule is CC1CCC(NC2CCN(C(=O)C(C)(C)C)CC2)CC1. The summed E-state index contributed by atoms with van der Waals surface area (Å²) in [5.41, 5.74) is -0.236. The third-order valence-corrected chi connectivity index (χ3v) is 4.91. The first-order chi connectivity index (χ1) is 9.36. The molecular formula is C17H32N2O. The molecule has 2 aliphatic rings. The van der Waals surface area contributed by atoms with Crippen molar-refractivity contribution in [2.75, 3.05) is 13.1 Å². The van der Waals surface area contributed by atoms with Crippen molar-refractivity contribution in [3.05, 3.63) is 0 Å². The minimum absolute atomic E-state index is 0.236. The van der Waals surface area contributed by atoms with E-state index in [0.717, 1.165) is 37.9 Å². The molecule has 1 aliphatic heterocycles. The number of rotatable bonds is 2. The second kappa shape index (κ2) is 6.46. The molecule has 0 unspecified atom stereocenters. The molecule has 1 saturated heterocycles. The Labute approximate surface area is 124 Å². The van der Waals surface area contributed by atoms with Gasteiger partial charge in [-0.15, -0.1) is 0 Å². The van der Waals surface area contributed by atoms with Crippen molar-refractivity contribution in [2.45, 2.75) is 78.3 Å². The predicted molar refractivity (Wildman–Crippen MR) is 83.6 cm³/mol. The molecular weight excluding hydrogens is 248 g/mol. The number of hydrogen-bond donors (Lipinski definition) is 1. The lowest BCUT2D eigenvalue weighted by atomic mass is 9.86. The van der Waals surface area contributed by atoms with Gasteiger partial charge in [0.15, 0.2) is 0 Å². The number of piperidine rings is 1. The van der Waals surface area contributed by atoms with Crippen molar-refractivity contribution >= 4 is 5.91 Å². The van der Waals surface area contributed by atoms with E-state index in [9.17, 15) is 4.79 Å². The van der Waals surface area contributed by atoms with Gasteiger partial charge < -0.3 is 10.2 Å². The van der Waals surface area contributed by atoms with E-state index in [0.29, 0.717) is 11.9 Å². The second-order valence-corrected chi connectivity index (χ2v) is 7.94. The van der Waals surface area contributed by atoms with Crippen LogP contribution >= 0.6 is 0 Å². The van der Waals surface area contributed by atoms with Crippen LogP contribution in [0.5, 0.6) is 0 Å². The van der Waals surface area contributed by atoms with Gasteiger partial charge >= 0.3 is 0 Å².